The molecule has 0 radical (unpaired) electrons. The Kier molecular flexibility index (Phi) is 4.70. The van der Waals surface area contributed by atoms with Gasteiger partial charge in [-0.1, -0.05) is 12.2 Å². The maximum Gasteiger partial charge on any atom is 0.290 e. The van der Waals surface area contributed by atoms with Crippen LogP contribution in [0.4, 0.5) is 5.82 Å². The van der Waals surface area contributed by atoms with E-state index in [-0.39, 0.29) is 5.56 Å². The van der Waals surface area contributed by atoms with Crippen LogP contribution in [0.25, 0.3) is 0 Å². The summed E-state index contributed by atoms with van der Waals surface area (Å²) in [6, 6.07) is 0.464. The summed E-state index contributed by atoms with van der Waals surface area (Å²) in [6.45, 7) is 2.88. The third kappa shape index (κ3) is 3.73. The van der Waals surface area contributed by atoms with E-state index in [1.54, 1.807) is 12.4 Å². The van der Waals surface area contributed by atoms with E-state index in [0.29, 0.717) is 11.9 Å². The van der Waals surface area contributed by atoms with E-state index in [9.17, 15) is 4.79 Å². The van der Waals surface area contributed by atoms with Crippen LogP contribution < -0.4 is 15.8 Å². The van der Waals surface area contributed by atoms with Crippen LogP contribution in [0.1, 0.15) is 32.1 Å². The third-order valence-corrected chi connectivity index (χ3v) is 4.48. The zero-order valence-corrected chi connectivity index (χ0v) is 12.4. The Balaban J connectivity index is 1.55. The van der Waals surface area contributed by atoms with E-state index in [0.717, 1.165) is 32.0 Å². The van der Waals surface area contributed by atoms with E-state index in [1.165, 1.54) is 25.7 Å². The minimum absolute atomic E-state index is 0.0874. The van der Waals surface area contributed by atoms with Gasteiger partial charge in [-0.05, 0) is 44.6 Å². The number of allylic oxidation sites excluding steroid dienone is 2. The Morgan fingerprint density at radius 2 is 2.33 bits per heavy atom. The van der Waals surface area contributed by atoms with Crippen LogP contribution in [0, 0.1) is 5.92 Å². The fraction of sp³-hybridized carbons (Fsp3) is 0.625. The molecular formula is C16H24N4O. The molecule has 1 saturated heterocycles. The molecule has 1 fully saturated rings. The minimum Gasteiger partial charge on any atom is -0.350 e. The maximum absolute atomic E-state index is 11.8. The molecule has 1 aliphatic heterocycles. The summed E-state index contributed by atoms with van der Waals surface area (Å²) in [6.07, 6.45) is 13.8. The lowest BCUT2D eigenvalue weighted by Crippen LogP contribution is -2.48. The fourth-order valence-electron chi connectivity index (χ4n) is 3.28. The molecule has 2 heterocycles. The first-order valence-electron chi connectivity index (χ1n) is 8.00. The topological polar surface area (TPSA) is 61.0 Å². The van der Waals surface area contributed by atoms with Crippen molar-refractivity contribution in [3.63, 3.8) is 0 Å². The van der Waals surface area contributed by atoms with Gasteiger partial charge in [0.25, 0.3) is 5.56 Å². The van der Waals surface area contributed by atoms with Gasteiger partial charge in [0.05, 0.1) is 0 Å². The van der Waals surface area contributed by atoms with Crippen molar-refractivity contribution in [1.82, 2.24) is 15.3 Å². The highest BCUT2D eigenvalue weighted by Crippen LogP contribution is 2.19. The summed E-state index contributed by atoms with van der Waals surface area (Å²) in [5.41, 5.74) is -0.0874. The lowest BCUT2D eigenvalue weighted by atomic mass is 9.94. The van der Waals surface area contributed by atoms with Crippen LogP contribution >= 0.6 is 0 Å². The maximum atomic E-state index is 11.8. The smallest absolute Gasteiger partial charge is 0.290 e. The molecule has 0 unspecified atom stereocenters. The van der Waals surface area contributed by atoms with Crippen molar-refractivity contribution in [2.45, 2.75) is 38.1 Å². The standard InChI is InChI=1S/C16H24N4O/c21-16-15(17-8-9-18-16)20-10-4-7-14(12-20)19-11-13-5-2-1-3-6-13/h1-2,8-9,13-14,19H,3-7,10-12H2,(H,18,21)/t13-,14-/m0/s1. The van der Waals surface area contributed by atoms with Gasteiger partial charge in [-0.25, -0.2) is 4.98 Å². The van der Waals surface area contributed by atoms with Crippen molar-refractivity contribution in [3.8, 4) is 0 Å². The van der Waals surface area contributed by atoms with Crippen molar-refractivity contribution >= 4 is 5.82 Å². The fourth-order valence-corrected chi connectivity index (χ4v) is 3.28. The Morgan fingerprint density at radius 3 is 3.14 bits per heavy atom. The number of anilines is 1. The largest absolute Gasteiger partial charge is 0.350 e. The molecule has 0 spiro atoms. The highest BCUT2D eigenvalue weighted by Gasteiger charge is 2.23. The van der Waals surface area contributed by atoms with E-state index in [1.807, 2.05) is 0 Å². The Morgan fingerprint density at radius 1 is 1.38 bits per heavy atom. The third-order valence-electron chi connectivity index (χ3n) is 4.48. The van der Waals surface area contributed by atoms with E-state index < -0.39 is 0 Å². The van der Waals surface area contributed by atoms with Gasteiger partial charge in [-0.15, -0.1) is 0 Å². The highest BCUT2D eigenvalue weighted by molar-refractivity contribution is 5.36. The average molecular weight is 288 g/mol. The van der Waals surface area contributed by atoms with Crippen LogP contribution in [-0.4, -0.2) is 35.6 Å². The Hall–Kier alpha value is -1.62. The van der Waals surface area contributed by atoms with Gasteiger partial charge in [-0.3, -0.25) is 4.79 Å². The number of nitrogens with one attached hydrogen (secondary N) is 2. The van der Waals surface area contributed by atoms with Crippen molar-refractivity contribution in [2.24, 2.45) is 5.92 Å². The highest BCUT2D eigenvalue weighted by atomic mass is 16.1. The monoisotopic (exact) mass is 288 g/mol. The number of nitrogens with zero attached hydrogens (tertiary/aromatic N) is 2. The summed E-state index contributed by atoms with van der Waals surface area (Å²) in [5, 5.41) is 3.69. The molecule has 2 aliphatic rings. The number of aromatic amines is 1. The number of H-pyrrole nitrogens is 1. The molecule has 114 valence electrons. The van der Waals surface area contributed by atoms with Crippen molar-refractivity contribution in [1.29, 1.82) is 0 Å². The molecule has 0 amide bonds. The normalized spacial score (nSPS) is 26.0. The van der Waals surface area contributed by atoms with Crippen LogP contribution in [0.5, 0.6) is 0 Å². The molecule has 2 atom stereocenters. The molecule has 0 bridgehead atoms. The number of hydrogen-bond acceptors (Lipinski definition) is 4. The van der Waals surface area contributed by atoms with Crippen molar-refractivity contribution < 1.29 is 0 Å². The molecule has 1 aromatic rings. The van der Waals surface area contributed by atoms with E-state index in [4.69, 9.17) is 0 Å². The zero-order chi connectivity index (χ0) is 14.5. The summed E-state index contributed by atoms with van der Waals surface area (Å²) >= 11 is 0. The lowest BCUT2D eigenvalue weighted by molar-refractivity contribution is 0.366. The summed E-state index contributed by atoms with van der Waals surface area (Å²) in [4.78, 5) is 20.9. The second-order valence-corrected chi connectivity index (χ2v) is 6.09. The number of rotatable bonds is 4. The lowest BCUT2D eigenvalue weighted by Gasteiger charge is -2.34. The van der Waals surface area contributed by atoms with E-state index in [2.05, 4.69) is 32.3 Å². The summed E-state index contributed by atoms with van der Waals surface area (Å²) in [7, 11) is 0. The van der Waals surface area contributed by atoms with Gasteiger partial charge < -0.3 is 15.2 Å². The van der Waals surface area contributed by atoms with Gasteiger partial charge in [-0.2, -0.15) is 0 Å². The summed E-state index contributed by atoms with van der Waals surface area (Å²) < 4.78 is 0. The summed E-state index contributed by atoms with van der Waals surface area (Å²) in [5.74, 6) is 1.33. The SMILES string of the molecule is O=c1[nH]ccnc1N1CCC[C@H](NC[C@H]2CC=CCC2)C1. The predicted molar refractivity (Wildman–Crippen MR) is 84.6 cm³/mol. The molecule has 1 aliphatic carbocycles. The van der Waals surface area contributed by atoms with Crippen LogP contribution in [-0.2, 0) is 0 Å². The van der Waals surface area contributed by atoms with Crippen molar-refractivity contribution in [2.75, 3.05) is 24.5 Å². The van der Waals surface area contributed by atoms with Crippen LogP contribution in [0.15, 0.2) is 29.3 Å². The number of aromatic nitrogens is 2. The number of piperidine rings is 1. The van der Waals surface area contributed by atoms with Crippen molar-refractivity contribution in [3.05, 3.63) is 34.9 Å². The molecule has 5 heteroatoms. The molecule has 2 N–H and O–H groups in total. The first-order valence-corrected chi connectivity index (χ1v) is 8.00. The van der Waals surface area contributed by atoms with Gasteiger partial charge in [0, 0.05) is 31.5 Å². The van der Waals surface area contributed by atoms with Crippen LogP contribution in [0.2, 0.25) is 0 Å². The van der Waals surface area contributed by atoms with Gasteiger partial charge >= 0.3 is 0 Å². The molecule has 0 aromatic carbocycles. The quantitative estimate of drug-likeness (QED) is 0.828. The van der Waals surface area contributed by atoms with Gasteiger partial charge in [0.1, 0.15) is 0 Å². The Labute approximate surface area is 125 Å². The van der Waals surface area contributed by atoms with Crippen LogP contribution in [0.3, 0.4) is 0 Å². The molecule has 5 nitrogen and oxygen atoms in total. The molecule has 0 saturated carbocycles. The molecule has 21 heavy (non-hydrogen) atoms. The predicted octanol–water partition coefficient (Wildman–Crippen LogP) is 1.68. The van der Waals surface area contributed by atoms with Gasteiger partial charge in [0.2, 0.25) is 0 Å². The van der Waals surface area contributed by atoms with E-state index >= 15 is 0 Å². The first-order chi connectivity index (χ1) is 10.3. The first kappa shape index (κ1) is 14.3. The minimum atomic E-state index is -0.0874. The second-order valence-electron chi connectivity index (χ2n) is 6.09. The molecular weight excluding hydrogens is 264 g/mol. The Bertz CT molecular complexity index is 539. The molecule has 3 rings (SSSR count). The molecule has 1 aromatic heterocycles. The second kappa shape index (κ2) is 6.89. The van der Waals surface area contributed by atoms with Gasteiger partial charge in [0.15, 0.2) is 5.82 Å². The number of hydrogen-bond donors (Lipinski definition) is 2. The average Bonchev–Trinajstić information content (AvgIpc) is 2.55. The zero-order valence-electron chi connectivity index (χ0n) is 12.4.